The van der Waals surface area contributed by atoms with Gasteiger partial charge in [0.05, 0.1) is 5.75 Å². The third kappa shape index (κ3) is 6.08. The molecule has 0 aromatic heterocycles. The van der Waals surface area contributed by atoms with Crippen LogP contribution in [-0.4, -0.2) is 48.8 Å². The molecule has 0 spiro atoms. The van der Waals surface area contributed by atoms with Gasteiger partial charge in [-0.3, -0.25) is 4.79 Å². The van der Waals surface area contributed by atoms with Crippen molar-refractivity contribution in [3.63, 3.8) is 0 Å². The predicted molar refractivity (Wildman–Crippen MR) is 65.6 cm³/mol. The molecule has 1 heterocycles. The van der Waals surface area contributed by atoms with Gasteiger partial charge in [0, 0.05) is 25.9 Å². The lowest BCUT2D eigenvalue weighted by atomic mass is 9.95. The van der Waals surface area contributed by atoms with Crippen LogP contribution < -0.4 is 0 Å². The highest BCUT2D eigenvalue weighted by molar-refractivity contribution is 7.89. The molecule has 0 saturated carbocycles. The summed E-state index contributed by atoms with van der Waals surface area (Å²) >= 11 is 0. The van der Waals surface area contributed by atoms with Gasteiger partial charge >= 0.3 is 12.1 Å². The number of alkyl halides is 3. The Morgan fingerprint density at radius 2 is 1.80 bits per heavy atom. The van der Waals surface area contributed by atoms with Crippen molar-refractivity contribution in [2.24, 2.45) is 5.92 Å². The molecule has 0 radical (unpaired) electrons. The standard InChI is InChI=1S/C11H18F3NO4S/c12-11(13,14)4-1-7-20(18,19)15-5-2-9(3-6-15)8-10(16)17/h9H,1-8H2,(H,16,17). The van der Waals surface area contributed by atoms with Gasteiger partial charge in [-0.15, -0.1) is 0 Å². The number of nitrogens with zero attached hydrogens (tertiary/aromatic N) is 1. The van der Waals surface area contributed by atoms with Crippen molar-refractivity contribution >= 4 is 16.0 Å². The Hall–Kier alpha value is -0.830. The van der Waals surface area contributed by atoms with E-state index in [2.05, 4.69) is 0 Å². The van der Waals surface area contributed by atoms with Gasteiger partial charge in [-0.25, -0.2) is 12.7 Å². The van der Waals surface area contributed by atoms with Gasteiger partial charge in [-0.2, -0.15) is 13.2 Å². The average Bonchev–Trinajstić information content (AvgIpc) is 2.26. The van der Waals surface area contributed by atoms with E-state index in [1.54, 1.807) is 0 Å². The molecule has 0 aliphatic carbocycles. The zero-order valence-electron chi connectivity index (χ0n) is 10.9. The SMILES string of the molecule is O=C(O)CC1CCN(S(=O)(=O)CCCC(F)(F)F)CC1. The highest BCUT2D eigenvalue weighted by Crippen LogP contribution is 2.25. The Morgan fingerprint density at radius 1 is 1.25 bits per heavy atom. The molecule has 1 aliphatic rings. The van der Waals surface area contributed by atoms with Crippen LogP contribution in [0.5, 0.6) is 0 Å². The van der Waals surface area contributed by atoms with Crippen molar-refractivity contribution in [1.82, 2.24) is 4.31 Å². The number of hydrogen-bond acceptors (Lipinski definition) is 3. The first-order valence-electron chi connectivity index (χ1n) is 6.36. The van der Waals surface area contributed by atoms with E-state index in [9.17, 15) is 26.4 Å². The summed E-state index contributed by atoms with van der Waals surface area (Å²) in [4.78, 5) is 10.5. The minimum atomic E-state index is -4.34. The normalized spacial score (nSPS) is 19.1. The van der Waals surface area contributed by atoms with E-state index in [4.69, 9.17) is 5.11 Å². The molecule has 1 aliphatic heterocycles. The second-order valence-corrected chi connectivity index (χ2v) is 7.06. The van der Waals surface area contributed by atoms with Crippen molar-refractivity contribution in [1.29, 1.82) is 0 Å². The fourth-order valence-electron chi connectivity index (χ4n) is 2.22. The molecule has 5 nitrogen and oxygen atoms in total. The summed E-state index contributed by atoms with van der Waals surface area (Å²) in [6, 6.07) is 0. The molecular formula is C11H18F3NO4S. The smallest absolute Gasteiger partial charge is 0.389 e. The van der Waals surface area contributed by atoms with E-state index in [-0.39, 0.29) is 25.4 Å². The second-order valence-electron chi connectivity index (χ2n) is 4.98. The van der Waals surface area contributed by atoms with Crippen LogP contribution in [0.25, 0.3) is 0 Å². The number of carbonyl (C=O) groups is 1. The fourth-order valence-corrected chi connectivity index (χ4v) is 3.76. The van der Waals surface area contributed by atoms with Gasteiger partial charge < -0.3 is 5.11 Å². The number of piperidine rings is 1. The van der Waals surface area contributed by atoms with Crippen LogP contribution in [-0.2, 0) is 14.8 Å². The average molecular weight is 317 g/mol. The molecule has 118 valence electrons. The number of carboxylic acid groups (broad SMARTS) is 1. The van der Waals surface area contributed by atoms with Crippen molar-refractivity contribution < 1.29 is 31.5 Å². The summed E-state index contributed by atoms with van der Waals surface area (Å²) in [5.41, 5.74) is 0. The summed E-state index contributed by atoms with van der Waals surface area (Å²) in [5.74, 6) is -1.50. The fraction of sp³-hybridized carbons (Fsp3) is 0.909. The predicted octanol–water partition coefficient (Wildman–Crippen LogP) is 1.85. The third-order valence-corrected chi connectivity index (χ3v) is 5.25. The lowest BCUT2D eigenvalue weighted by molar-refractivity contribution is -0.138. The van der Waals surface area contributed by atoms with Crippen LogP contribution in [0.3, 0.4) is 0 Å². The number of hydrogen-bond donors (Lipinski definition) is 1. The summed E-state index contributed by atoms with van der Waals surface area (Å²) in [7, 11) is -3.67. The third-order valence-electron chi connectivity index (χ3n) is 3.29. The Balaban J connectivity index is 2.41. The van der Waals surface area contributed by atoms with Crippen LogP contribution in [0, 0.1) is 5.92 Å². The molecule has 1 saturated heterocycles. The van der Waals surface area contributed by atoms with E-state index in [0.717, 1.165) is 0 Å². The molecular weight excluding hydrogens is 299 g/mol. The van der Waals surface area contributed by atoms with Gasteiger partial charge in [-0.1, -0.05) is 0 Å². The molecule has 0 unspecified atom stereocenters. The zero-order valence-corrected chi connectivity index (χ0v) is 11.7. The van der Waals surface area contributed by atoms with E-state index in [0.29, 0.717) is 12.8 Å². The largest absolute Gasteiger partial charge is 0.481 e. The molecule has 0 bridgehead atoms. The lowest BCUT2D eigenvalue weighted by Gasteiger charge is -2.30. The Bertz CT molecular complexity index is 427. The number of aliphatic carboxylic acids is 1. The van der Waals surface area contributed by atoms with Crippen LogP contribution in [0.15, 0.2) is 0 Å². The summed E-state index contributed by atoms with van der Waals surface area (Å²) < 4.78 is 60.8. The van der Waals surface area contributed by atoms with Crippen molar-refractivity contribution in [3.05, 3.63) is 0 Å². The first kappa shape index (κ1) is 17.2. The van der Waals surface area contributed by atoms with E-state index >= 15 is 0 Å². The Kier molecular flexibility index (Phi) is 5.81. The number of rotatable bonds is 6. The number of sulfonamides is 1. The maximum absolute atomic E-state index is 12.0. The molecule has 1 rings (SSSR count). The maximum atomic E-state index is 12.0. The van der Waals surface area contributed by atoms with Gasteiger partial charge in [0.2, 0.25) is 10.0 Å². The molecule has 0 atom stereocenters. The maximum Gasteiger partial charge on any atom is 0.389 e. The van der Waals surface area contributed by atoms with Gasteiger partial charge in [0.15, 0.2) is 0 Å². The quantitative estimate of drug-likeness (QED) is 0.811. The summed E-state index contributed by atoms with van der Waals surface area (Å²) in [6.07, 6.45) is -5.02. The molecule has 0 amide bonds. The molecule has 1 N–H and O–H groups in total. The van der Waals surface area contributed by atoms with Crippen LogP contribution >= 0.6 is 0 Å². The minimum Gasteiger partial charge on any atom is -0.481 e. The van der Waals surface area contributed by atoms with Crippen LogP contribution in [0.1, 0.15) is 32.1 Å². The Labute approximate surface area is 115 Å². The molecule has 20 heavy (non-hydrogen) atoms. The monoisotopic (exact) mass is 317 g/mol. The van der Waals surface area contributed by atoms with Crippen molar-refractivity contribution in [2.75, 3.05) is 18.8 Å². The minimum absolute atomic E-state index is 0.00195. The summed E-state index contributed by atoms with van der Waals surface area (Å²) in [6.45, 7) is 0.374. The molecule has 0 aromatic carbocycles. The van der Waals surface area contributed by atoms with E-state index in [1.807, 2.05) is 0 Å². The molecule has 9 heteroatoms. The zero-order chi connectivity index (χ0) is 15.4. The van der Waals surface area contributed by atoms with Crippen molar-refractivity contribution in [3.8, 4) is 0 Å². The Morgan fingerprint density at radius 3 is 2.25 bits per heavy atom. The first-order chi connectivity index (χ1) is 9.10. The highest BCUT2D eigenvalue weighted by Gasteiger charge is 2.31. The van der Waals surface area contributed by atoms with Crippen LogP contribution in [0.4, 0.5) is 13.2 Å². The molecule has 1 fully saturated rings. The van der Waals surface area contributed by atoms with Crippen LogP contribution in [0.2, 0.25) is 0 Å². The number of halogens is 3. The van der Waals surface area contributed by atoms with E-state index < -0.39 is 40.8 Å². The second kappa shape index (κ2) is 6.75. The summed E-state index contributed by atoms with van der Waals surface area (Å²) in [5, 5.41) is 8.65. The van der Waals surface area contributed by atoms with Crippen molar-refractivity contribution in [2.45, 2.75) is 38.3 Å². The van der Waals surface area contributed by atoms with Gasteiger partial charge in [0.1, 0.15) is 0 Å². The van der Waals surface area contributed by atoms with Gasteiger partial charge in [0.25, 0.3) is 0 Å². The number of carboxylic acids is 1. The topological polar surface area (TPSA) is 74.7 Å². The van der Waals surface area contributed by atoms with Gasteiger partial charge in [-0.05, 0) is 25.2 Å². The highest BCUT2D eigenvalue weighted by atomic mass is 32.2. The molecule has 0 aromatic rings. The van der Waals surface area contributed by atoms with E-state index in [1.165, 1.54) is 4.31 Å². The lowest BCUT2D eigenvalue weighted by Crippen LogP contribution is -2.40. The first-order valence-corrected chi connectivity index (χ1v) is 7.97.